The van der Waals surface area contributed by atoms with Crippen molar-refractivity contribution in [1.29, 1.82) is 0 Å². The number of nitrogens with zero attached hydrogens (tertiary/aromatic N) is 3. The first-order chi connectivity index (χ1) is 15.8. The Balaban J connectivity index is 1.36. The summed E-state index contributed by atoms with van der Waals surface area (Å²) in [4.78, 5) is 23.4. The van der Waals surface area contributed by atoms with Gasteiger partial charge in [0.2, 0.25) is 0 Å². The van der Waals surface area contributed by atoms with Crippen molar-refractivity contribution >= 4 is 11.8 Å². The number of fused-ring (bicyclic) bond motifs is 5. The Morgan fingerprint density at radius 2 is 2.12 bits per heavy atom. The highest BCUT2D eigenvalue weighted by Gasteiger charge is 2.64. The molecule has 7 nitrogen and oxygen atoms in total. The minimum absolute atomic E-state index is 0.221. The number of aryl methyl sites for hydroxylation is 1. The maximum Gasteiger partial charge on any atom is 0.305 e. The predicted octanol–water partition coefficient (Wildman–Crippen LogP) is 3.81. The van der Waals surface area contributed by atoms with Crippen LogP contribution in [0.5, 0.6) is 0 Å². The van der Waals surface area contributed by atoms with Crippen LogP contribution in [0.4, 0.5) is 0 Å². The van der Waals surface area contributed by atoms with E-state index in [0.29, 0.717) is 66.9 Å². The molecule has 0 amide bonds. The molecule has 7 heteroatoms. The molecule has 1 aromatic heterocycles. The summed E-state index contributed by atoms with van der Waals surface area (Å²) in [6.45, 7) is 5.21. The van der Waals surface area contributed by atoms with Crippen molar-refractivity contribution < 1.29 is 19.4 Å². The van der Waals surface area contributed by atoms with Gasteiger partial charge in [-0.3, -0.25) is 14.3 Å². The zero-order chi connectivity index (χ0) is 23.4. The summed E-state index contributed by atoms with van der Waals surface area (Å²) in [7, 11) is 1.40. The molecule has 1 heterocycles. The number of hydrogen-bond acceptors (Lipinski definition) is 6. The lowest BCUT2D eigenvalue weighted by molar-refractivity contribution is -0.140. The van der Waals surface area contributed by atoms with Gasteiger partial charge in [0, 0.05) is 24.8 Å². The zero-order valence-electron chi connectivity index (χ0n) is 20.1. The van der Waals surface area contributed by atoms with Gasteiger partial charge in [-0.25, -0.2) is 0 Å². The van der Waals surface area contributed by atoms with Gasteiger partial charge >= 0.3 is 5.97 Å². The summed E-state index contributed by atoms with van der Waals surface area (Å²) in [6.07, 6.45) is 11.4. The highest BCUT2D eigenvalue weighted by molar-refractivity contribution is 5.91. The maximum absolute atomic E-state index is 12.1. The van der Waals surface area contributed by atoms with E-state index in [0.717, 1.165) is 38.5 Å². The second-order valence-electron chi connectivity index (χ2n) is 11.3. The molecule has 3 saturated carbocycles. The fourth-order valence-corrected chi connectivity index (χ4v) is 8.11. The van der Waals surface area contributed by atoms with Crippen molar-refractivity contribution in [1.82, 2.24) is 15.0 Å². The van der Waals surface area contributed by atoms with Crippen molar-refractivity contribution in [2.45, 2.75) is 83.8 Å². The molecule has 0 saturated heterocycles. The standard InChI is InChI=1S/C26H37N3O4/c1-16-13-17-14-18(30)6-7-19(17)20-8-10-25(2)21(24(16)20)9-11-26(25,32)22-15-29(28-27-22)12-4-5-23(31)33-3/h14-16,19-21,24,32H,4-13H2,1-3H3/t16?,19?,20?,21?,24?,25-,26+/m0/s1. The number of aliphatic hydroxyl groups is 1. The number of carbonyl (C=O) groups excluding carboxylic acids is 2. The van der Waals surface area contributed by atoms with Gasteiger partial charge in [-0.2, -0.15) is 0 Å². The van der Waals surface area contributed by atoms with Gasteiger partial charge in [-0.15, -0.1) is 5.10 Å². The van der Waals surface area contributed by atoms with E-state index in [9.17, 15) is 14.7 Å². The molecule has 7 atom stereocenters. The van der Waals surface area contributed by atoms with Crippen LogP contribution in [0.2, 0.25) is 0 Å². The van der Waals surface area contributed by atoms with Crippen LogP contribution in [0.15, 0.2) is 17.8 Å². The van der Waals surface area contributed by atoms with Crippen molar-refractivity contribution in [2.24, 2.45) is 35.0 Å². The van der Waals surface area contributed by atoms with Crippen LogP contribution < -0.4 is 0 Å². The van der Waals surface area contributed by atoms with Crippen LogP contribution in [0.1, 0.15) is 77.3 Å². The molecule has 3 fully saturated rings. The molecular weight excluding hydrogens is 418 g/mol. The van der Waals surface area contributed by atoms with Crippen LogP contribution >= 0.6 is 0 Å². The first kappa shape index (κ1) is 22.8. The van der Waals surface area contributed by atoms with Crippen molar-refractivity contribution in [3.8, 4) is 0 Å². The van der Waals surface area contributed by atoms with Crippen molar-refractivity contribution in [3.05, 3.63) is 23.5 Å². The molecule has 1 aromatic rings. The number of esters is 1. The van der Waals surface area contributed by atoms with Gasteiger partial charge in [-0.1, -0.05) is 24.6 Å². The van der Waals surface area contributed by atoms with E-state index >= 15 is 0 Å². The Morgan fingerprint density at radius 3 is 2.91 bits per heavy atom. The third kappa shape index (κ3) is 3.58. The summed E-state index contributed by atoms with van der Waals surface area (Å²) in [5.41, 5.74) is 0.880. The second kappa shape index (κ2) is 8.33. The Morgan fingerprint density at radius 1 is 1.30 bits per heavy atom. The number of methoxy groups -OCH3 is 1. The first-order valence-corrected chi connectivity index (χ1v) is 12.7. The number of aromatic nitrogens is 3. The summed E-state index contributed by atoms with van der Waals surface area (Å²) in [6, 6.07) is 0. The SMILES string of the molecule is COC(=O)CCCn1cc([C@]2(O)CCC3C4C(C)CC5=CC(=O)CCC5C4CC[C@@]32C)nn1. The topological polar surface area (TPSA) is 94.3 Å². The van der Waals surface area contributed by atoms with Gasteiger partial charge in [0.1, 0.15) is 11.3 Å². The van der Waals surface area contributed by atoms with E-state index in [4.69, 9.17) is 4.74 Å². The van der Waals surface area contributed by atoms with E-state index in [1.165, 1.54) is 12.7 Å². The van der Waals surface area contributed by atoms with E-state index in [1.807, 2.05) is 12.3 Å². The molecule has 5 unspecified atom stereocenters. The molecule has 4 aliphatic carbocycles. The minimum Gasteiger partial charge on any atom is -0.469 e. The average Bonchev–Trinajstić information content (AvgIpc) is 3.37. The molecule has 0 aliphatic heterocycles. The second-order valence-corrected chi connectivity index (χ2v) is 11.3. The molecule has 33 heavy (non-hydrogen) atoms. The number of allylic oxidation sites excluding steroid dienone is 1. The minimum atomic E-state index is -0.971. The molecule has 5 rings (SSSR count). The Labute approximate surface area is 196 Å². The predicted molar refractivity (Wildman–Crippen MR) is 122 cm³/mol. The average molecular weight is 456 g/mol. The molecule has 0 spiro atoms. The summed E-state index contributed by atoms with van der Waals surface area (Å²) < 4.78 is 6.46. The van der Waals surface area contributed by atoms with Crippen LogP contribution in [-0.4, -0.2) is 39.0 Å². The lowest BCUT2D eigenvalue weighted by Gasteiger charge is -2.57. The maximum atomic E-state index is 12.1. The van der Waals surface area contributed by atoms with E-state index < -0.39 is 5.60 Å². The van der Waals surface area contributed by atoms with Gasteiger partial charge in [0.05, 0.1) is 13.3 Å². The lowest BCUT2D eigenvalue weighted by Crippen LogP contribution is -2.53. The monoisotopic (exact) mass is 455 g/mol. The molecule has 0 aromatic carbocycles. The Bertz CT molecular complexity index is 970. The molecule has 0 radical (unpaired) electrons. The Hall–Kier alpha value is -2.02. The lowest BCUT2D eigenvalue weighted by atomic mass is 9.48. The number of rotatable bonds is 5. The summed E-state index contributed by atoms with van der Waals surface area (Å²) >= 11 is 0. The van der Waals surface area contributed by atoms with E-state index in [-0.39, 0.29) is 11.4 Å². The fourth-order valence-electron chi connectivity index (χ4n) is 8.11. The van der Waals surface area contributed by atoms with Crippen molar-refractivity contribution in [2.75, 3.05) is 7.11 Å². The molecule has 4 aliphatic rings. The van der Waals surface area contributed by atoms with Crippen LogP contribution in [0, 0.1) is 35.0 Å². The highest BCUT2D eigenvalue weighted by atomic mass is 16.5. The van der Waals surface area contributed by atoms with Gasteiger partial charge in [0.25, 0.3) is 0 Å². The quantitative estimate of drug-likeness (QED) is 0.679. The van der Waals surface area contributed by atoms with Crippen LogP contribution in [0.3, 0.4) is 0 Å². The fraction of sp³-hybridized carbons (Fsp3) is 0.769. The summed E-state index contributed by atoms with van der Waals surface area (Å²) in [5, 5.41) is 20.8. The van der Waals surface area contributed by atoms with Gasteiger partial charge < -0.3 is 9.84 Å². The molecule has 0 bridgehead atoms. The van der Waals surface area contributed by atoms with Crippen LogP contribution in [0.25, 0.3) is 0 Å². The normalized spacial score (nSPS) is 39.9. The van der Waals surface area contributed by atoms with Gasteiger partial charge in [-0.05, 0) is 80.6 Å². The highest BCUT2D eigenvalue weighted by Crippen LogP contribution is 2.68. The molecular formula is C26H37N3O4. The van der Waals surface area contributed by atoms with E-state index in [2.05, 4.69) is 24.2 Å². The van der Waals surface area contributed by atoms with Crippen LogP contribution in [-0.2, 0) is 26.5 Å². The third-order valence-electron chi connectivity index (χ3n) is 9.75. The third-order valence-corrected chi connectivity index (χ3v) is 9.75. The molecule has 1 N–H and O–H groups in total. The number of ketones is 1. The number of hydrogen-bond donors (Lipinski definition) is 1. The summed E-state index contributed by atoms with van der Waals surface area (Å²) in [5.74, 6) is 2.84. The smallest absolute Gasteiger partial charge is 0.305 e. The Kier molecular flexibility index (Phi) is 5.74. The largest absolute Gasteiger partial charge is 0.469 e. The van der Waals surface area contributed by atoms with Crippen molar-refractivity contribution in [3.63, 3.8) is 0 Å². The number of ether oxygens (including phenoxy) is 1. The van der Waals surface area contributed by atoms with Gasteiger partial charge in [0.15, 0.2) is 5.78 Å². The first-order valence-electron chi connectivity index (χ1n) is 12.7. The number of carbonyl (C=O) groups is 2. The van der Waals surface area contributed by atoms with E-state index in [1.54, 1.807) is 4.68 Å². The molecule has 180 valence electrons. The zero-order valence-corrected chi connectivity index (χ0v) is 20.1.